The van der Waals surface area contributed by atoms with E-state index in [0.717, 1.165) is 29.2 Å². The van der Waals surface area contributed by atoms with Crippen LogP contribution in [0.15, 0.2) is 28.7 Å². The number of nitrogens with zero attached hydrogens (tertiary/aromatic N) is 1. The highest BCUT2D eigenvalue weighted by atomic mass is 79.9. The van der Waals surface area contributed by atoms with Crippen molar-refractivity contribution >= 4 is 27.7 Å². The van der Waals surface area contributed by atoms with Crippen molar-refractivity contribution in [2.24, 2.45) is 5.92 Å². The number of ether oxygens (including phenoxy) is 1. The SMILES string of the molecule is CCCC1CCC2(CCCN2CCOC(=O)Nc2ccc(Br)cc2)CC1. The predicted octanol–water partition coefficient (Wildman–Crippen LogP) is 5.82. The third kappa shape index (κ3) is 5.01. The first-order chi connectivity index (χ1) is 12.6. The Morgan fingerprint density at radius 3 is 2.69 bits per heavy atom. The summed E-state index contributed by atoms with van der Waals surface area (Å²) in [5.74, 6) is 0.931. The Balaban J connectivity index is 1.42. The van der Waals surface area contributed by atoms with Crippen LogP contribution in [0.4, 0.5) is 10.5 Å². The van der Waals surface area contributed by atoms with Gasteiger partial charge in [-0.3, -0.25) is 10.2 Å². The summed E-state index contributed by atoms with van der Waals surface area (Å²) in [6, 6.07) is 7.52. The van der Waals surface area contributed by atoms with Crippen molar-refractivity contribution in [3.63, 3.8) is 0 Å². The largest absolute Gasteiger partial charge is 0.448 e. The number of rotatable bonds is 6. The van der Waals surface area contributed by atoms with Crippen LogP contribution in [-0.4, -0.2) is 36.2 Å². The summed E-state index contributed by atoms with van der Waals surface area (Å²) < 4.78 is 6.42. The number of hydrogen-bond acceptors (Lipinski definition) is 3. The molecule has 4 nitrogen and oxygen atoms in total. The molecule has 0 aromatic heterocycles. The fourth-order valence-electron chi connectivity index (χ4n) is 4.76. The number of carbonyl (C=O) groups is 1. The van der Waals surface area contributed by atoms with Gasteiger partial charge in [0.1, 0.15) is 6.61 Å². The summed E-state index contributed by atoms with van der Waals surface area (Å²) >= 11 is 3.39. The maximum Gasteiger partial charge on any atom is 0.411 e. The quantitative estimate of drug-likeness (QED) is 0.627. The van der Waals surface area contributed by atoms with Crippen molar-refractivity contribution in [1.82, 2.24) is 4.90 Å². The number of likely N-dealkylation sites (tertiary alicyclic amines) is 1. The Morgan fingerprint density at radius 1 is 1.27 bits per heavy atom. The molecule has 1 aromatic carbocycles. The van der Waals surface area contributed by atoms with E-state index in [1.165, 1.54) is 51.4 Å². The monoisotopic (exact) mass is 422 g/mol. The summed E-state index contributed by atoms with van der Waals surface area (Å²) in [6.45, 7) is 4.76. The van der Waals surface area contributed by atoms with Gasteiger partial charge in [-0.2, -0.15) is 0 Å². The second-order valence-corrected chi connectivity index (χ2v) is 8.73. The van der Waals surface area contributed by atoms with E-state index < -0.39 is 0 Å². The fourth-order valence-corrected chi connectivity index (χ4v) is 5.02. The molecular weight excluding hydrogens is 392 g/mol. The smallest absolute Gasteiger partial charge is 0.411 e. The summed E-state index contributed by atoms with van der Waals surface area (Å²) in [5.41, 5.74) is 1.14. The molecule has 144 valence electrons. The number of benzene rings is 1. The lowest BCUT2D eigenvalue weighted by molar-refractivity contribution is 0.0531. The van der Waals surface area contributed by atoms with E-state index >= 15 is 0 Å². The molecular formula is C21H31BrN2O2. The summed E-state index contributed by atoms with van der Waals surface area (Å²) in [7, 11) is 0. The molecule has 0 radical (unpaired) electrons. The molecule has 0 atom stereocenters. The lowest BCUT2D eigenvalue weighted by Crippen LogP contribution is -2.47. The Kier molecular flexibility index (Phi) is 6.98. The maximum atomic E-state index is 12.0. The molecule has 1 saturated heterocycles. The van der Waals surface area contributed by atoms with Crippen LogP contribution in [0.3, 0.4) is 0 Å². The van der Waals surface area contributed by atoms with Crippen molar-refractivity contribution in [3.8, 4) is 0 Å². The van der Waals surface area contributed by atoms with E-state index in [1.807, 2.05) is 24.3 Å². The van der Waals surface area contributed by atoms with Gasteiger partial charge in [0.05, 0.1) is 0 Å². The number of hydrogen-bond donors (Lipinski definition) is 1. The molecule has 1 aliphatic carbocycles. The number of carbonyl (C=O) groups excluding carboxylic acids is 1. The van der Waals surface area contributed by atoms with E-state index in [-0.39, 0.29) is 6.09 Å². The number of amides is 1. The highest BCUT2D eigenvalue weighted by molar-refractivity contribution is 9.10. The number of halogens is 1. The lowest BCUT2D eigenvalue weighted by atomic mass is 9.74. The van der Waals surface area contributed by atoms with Crippen LogP contribution in [0.25, 0.3) is 0 Å². The standard InChI is InChI=1S/C21H31BrN2O2/c1-2-4-17-9-12-21(13-10-17)11-3-14-24(21)15-16-26-20(25)23-19-7-5-18(22)6-8-19/h5-8,17H,2-4,9-16H2,1H3,(H,23,25). The second-order valence-electron chi connectivity index (χ2n) is 7.81. The Morgan fingerprint density at radius 2 is 2.00 bits per heavy atom. The molecule has 1 saturated carbocycles. The first-order valence-electron chi connectivity index (χ1n) is 10.1. The second kappa shape index (κ2) is 9.23. The van der Waals surface area contributed by atoms with Crippen molar-refractivity contribution in [3.05, 3.63) is 28.7 Å². The zero-order valence-corrected chi connectivity index (χ0v) is 17.4. The number of anilines is 1. The van der Waals surface area contributed by atoms with E-state index in [4.69, 9.17) is 4.74 Å². The average molecular weight is 423 g/mol. The molecule has 1 spiro atoms. The van der Waals surface area contributed by atoms with Crippen molar-refractivity contribution in [1.29, 1.82) is 0 Å². The van der Waals surface area contributed by atoms with Gasteiger partial charge in [-0.05, 0) is 75.3 Å². The summed E-state index contributed by atoms with van der Waals surface area (Å²) in [6.07, 6.45) is 10.3. The molecule has 5 heteroatoms. The molecule has 1 heterocycles. The van der Waals surface area contributed by atoms with E-state index in [2.05, 4.69) is 33.1 Å². The molecule has 3 rings (SSSR count). The van der Waals surface area contributed by atoms with Gasteiger partial charge in [0.2, 0.25) is 0 Å². The Hall–Kier alpha value is -1.07. The van der Waals surface area contributed by atoms with Gasteiger partial charge in [0, 0.05) is 22.2 Å². The first kappa shape index (κ1) is 19.7. The van der Waals surface area contributed by atoms with Crippen LogP contribution >= 0.6 is 15.9 Å². The first-order valence-corrected chi connectivity index (χ1v) is 10.8. The molecule has 2 fully saturated rings. The maximum absolute atomic E-state index is 12.0. The van der Waals surface area contributed by atoms with Crippen LogP contribution in [-0.2, 0) is 4.74 Å². The topological polar surface area (TPSA) is 41.6 Å². The van der Waals surface area contributed by atoms with Gasteiger partial charge in [0.15, 0.2) is 0 Å². The fraction of sp³-hybridized carbons (Fsp3) is 0.667. The van der Waals surface area contributed by atoms with E-state index in [9.17, 15) is 4.79 Å². The predicted molar refractivity (Wildman–Crippen MR) is 110 cm³/mol. The van der Waals surface area contributed by atoms with Gasteiger partial charge in [-0.1, -0.05) is 35.7 Å². The molecule has 2 aliphatic rings. The zero-order chi connectivity index (χ0) is 18.4. The normalized spacial score (nSPS) is 26.2. The summed E-state index contributed by atoms with van der Waals surface area (Å²) in [5, 5.41) is 2.78. The van der Waals surface area contributed by atoms with Crippen LogP contribution in [0.2, 0.25) is 0 Å². The van der Waals surface area contributed by atoms with Gasteiger partial charge >= 0.3 is 6.09 Å². The third-order valence-electron chi connectivity index (χ3n) is 6.16. The Labute approximate surface area is 165 Å². The van der Waals surface area contributed by atoms with E-state index in [0.29, 0.717) is 12.1 Å². The van der Waals surface area contributed by atoms with Crippen molar-refractivity contribution in [2.45, 2.75) is 63.8 Å². The van der Waals surface area contributed by atoms with Gasteiger partial charge in [-0.15, -0.1) is 0 Å². The van der Waals surface area contributed by atoms with Gasteiger partial charge in [-0.25, -0.2) is 4.79 Å². The van der Waals surface area contributed by atoms with Gasteiger partial charge < -0.3 is 4.74 Å². The highest BCUT2D eigenvalue weighted by Gasteiger charge is 2.42. The van der Waals surface area contributed by atoms with Crippen molar-refractivity contribution < 1.29 is 9.53 Å². The molecule has 1 N–H and O–H groups in total. The lowest BCUT2D eigenvalue weighted by Gasteiger charge is -2.44. The molecule has 1 aliphatic heterocycles. The van der Waals surface area contributed by atoms with E-state index in [1.54, 1.807) is 0 Å². The highest BCUT2D eigenvalue weighted by Crippen LogP contribution is 2.44. The molecule has 0 unspecified atom stereocenters. The third-order valence-corrected chi connectivity index (χ3v) is 6.69. The van der Waals surface area contributed by atoms with Crippen LogP contribution in [0.5, 0.6) is 0 Å². The minimum absolute atomic E-state index is 0.368. The summed E-state index contributed by atoms with van der Waals surface area (Å²) in [4.78, 5) is 14.6. The molecule has 26 heavy (non-hydrogen) atoms. The molecule has 1 aromatic rings. The average Bonchev–Trinajstić information content (AvgIpc) is 3.02. The minimum Gasteiger partial charge on any atom is -0.448 e. The van der Waals surface area contributed by atoms with Crippen LogP contribution in [0, 0.1) is 5.92 Å². The molecule has 0 bridgehead atoms. The van der Waals surface area contributed by atoms with Gasteiger partial charge in [0.25, 0.3) is 0 Å². The van der Waals surface area contributed by atoms with Crippen LogP contribution < -0.4 is 5.32 Å². The van der Waals surface area contributed by atoms with Crippen LogP contribution in [0.1, 0.15) is 58.3 Å². The van der Waals surface area contributed by atoms with Crippen molar-refractivity contribution in [2.75, 3.05) is 25.0 Å². The molecule has 1 amide bonds. The Bertz CT molecular complexity index is 582. The number of nitrogens with one attached hydrogen (secondary N) is 1. The minimum atomic E-state index is -0.368. The zero-order valence-electron chi connectivity index (χ0n) is 15.8.